The predicted octanol–water partition coefficient (Wildman–Crippen LogP) is 3.58. The largest absolute Gasteiger partial charge is 0.532 e. The lowest BCUT2D eigenvalue weighted by molar-refractivity contribution is -0.460. The first-order valence-electron chi connectivity index (χ1n) is 7.67. The average Bonchev–Trinajstić information content (AvgIpc) is 2.97. The predicted molar refractivity (Wildman–Crippen MR) is 105 cm³/mol. The average molecular weight is 386 g/mol. The minimum atomic E-state index is -0.540. The van der Waals surface area contributed by atoms with Crippen molar-refractivity contribution in [3.05, 3.63) is 65.7 Å². The number of carbonyl (C=O) groups excluding carboxylic acids is 3. The highest BCUT2D eigenvalue weighted by Gasteiger charge is 2.46. The number of hydrazine groups is 1. The molecule has 1 fully saturated rings. The van der Waals surface area contributed by atoms with Gasteiger partial charge < -0.3 is 0 Å². The molecule has 4 amide bonds. The number of nitrogens with zero attached hydrogens (tertiary/aromatic N) is 2. The van der Waals surface area contributed by atoms with E-state index in [1.165, 1.54) is 16.4 Å². The second kappa shape index (κ2) is 7.76. The van der Waals surface area contributed by atoms with E-state index in [4.69, 9.17) is 0 Å². The van der Waals surface area contributed by atoms with Crippen molar-refractivity contribution in [1.29, 1.82) is 0 Å². The molecule has 0 saturated carbocycles. The lowest BCUT2D eigenvalue weighted by Crippen LogP contribution is -2.31. The number of amides is 4. The highest BCUT2D eigenvalue weighted by atomic mass is 32.2. The number of nitrogens with one attached hydrogen (secondary N) is 1. The normalized spacial score (nSPS) is 15.8. The second-order valence-corrected chi connectivity index (χ2v) is 6.83. The maximum atomic E-state index is 12.9. The maximum Gasteiger partial charge on any atom is 0.532 e. The molecule has 8 heteroatoms. The summed E-state index contributed by atoms with van der Waals surface area (Å²) in [6, 6.07) is 14.7. The van der Waals surface area contributed by atoms with E-state index in [0.29, 0.717) is 21.9 Å². The molecular formula is C18H16N3O3S2+. The van der Waals surface area contributed by atoms with Gasteiger partial charge in [0, 0.05) is 11.1 Å². The SMILES string of the molecule is CSC(=O)c1ccccc1/C(SC)=[N+]1\NC(=O)N(c2ccccc2)C1=O. The third-order valence-electron chi connectivity index (χ3n) is 3.77. The summed E-state index contributed by atoms with van der Waals surface area (Å²) in [5.74, 6) is 0. The summed E-state index contributed by atoms with van der Waals surface area (Å²) in [4.78, 5) is 38.6. The fourth-order valence-electron chi connectivity index (χ4n) is 2.60. The van der Waals surface area contributed by atoms with Gasteiger partial charge in [-0.15, -0.1) is 10.3 Å². The number of hydrogen-bond acceptors (Lipinski definition) is 5. The Bertz CT molecular complexity index is 913. The lowest BCUT2D eigenvalue weighted by atomic mass is 10.1. The fraction of sp³-hybridized carbons (Fsp3) is 0.111. The molecule has 0 bridgehead atoms. The summed E-state index contributed by atoms with van der Waals surface area (Å²) in [6.45, 7) is 0. The Labute approximate surface area is 159 Å². The first-order chi connectivity index (χ1) is 12.6. The quantitative estimate of drug-likeness (QED) is 0.645. The molecule has 3 rings (SSSR count). The van der Waals surface area contributed by atoms with E-state index < -0.39 is 12.1 Å². The number of hydrazone groups is 1. The van der Waals surface area contributed by atoms with Crippen molar-refractivity contribution in [1.82, 2.24) is 5.43 Å². The highest BCUT2D eigenvalue weighted by molar-refractivity contribution is 8.14. The van der Waals surface area contributed by atoms with Crippen molar-refractivity contribution in [3.8, 4) is 0 Å². The molecule has 1 saturated heterocycles. The highest BCUT2D eigenvalue weighted by Crippen LogP contribution is 2.23. The van der Waals surface area contributed by atoms with Gasteiger partial charge in [-0.3, -0.25) is 4.79 Å². The molecule has 1 aliphatic rings. The number of benzene rings is 2. The van der Waals surface area contributed by atoms with E-state index in [9.17, 15) is 14.4 Å². The summed E-state index contributed by atoms with van der Waals surface area (Å²) >= 11 is 2.38. The Hall–Kier alpha value is -2.58. The van der Waals surface area contributed by atoms with Crippen molar-refractivity contribution in [3.63, 3.8) is 0 Å². The molecule has 0 spiro atoms. The van der Waals surface area contributed by atoms with Gasteiger partial charge in [0.05, 0.1) is 0 Å². The van der Waals surface area contributed by atoms with Crippen LogP contribution in [0.4, 0.5) is 15.3 Å². The topological polar surface area (TPSA) is 69.5 Å². The number of urea groups is 2. The van der Waals surface area contributed by atoms with Gasteiger partial charge in [0.2, 0.25) is 5.12 Å². The van der Waals surface area contributed by atoms with Crippen LogP contribution >= 0.6 is 23.5 Å². The number of hydrogen-bond donors (Lipinski definition) is 1. The van der Waals surface area contributed by atoms with Gasteiger partial charge in [-0.2, -0.15) is 4.79 Å². The second-order valence-electron chi connectivity index (χ2n) is 5.25. The van der Waals surface area contributed by atoms with Gasteiger partial charge in [-0.05, 0) is 36.8 Å². The minimum absolute atomic E-state index is 0.106. The van der Waals surface area contributed by atoms with Crippen LogP contribution in [0.3, 0.4) is 0 Å². The molecule has 2 aromatic rings. The molecule has 1 aliphatic heterocycles. The third kappa shape index (κ3) is 3.25. The number of thioether (sulfide) groups is 2. The monoisotopic (exact) mass is 386 g/mol. The van der Waals surface area contributed by atoms with Gasteiger partial charge in [-0.25, -0.2) is 4.79 Å². The smallest absolute Gasteiger partial charge is 0.282 e. The van der Waals surface area contributed by atoms with Crippen LogP contribution < -0.4 is 10.3 Å². The van der Waals surface area contributed by atoms with Crippen molar-refractivity contribution < 1.29 is 19.1 Å². The zero-order valence-electron chi connectivity index (χ0n) is 14.1. The van der Waals surface area contributed by atoms with E-state index in [1.54, 1.807) is 61.0 Å². The van der Waals surface area contributed by atoms with E-state index in [0.717, 1.165) is 16.7 Å². The van der Waals surface area contributed by atoms with Crippen LogP contribution in [0.5, 0.6) is 0 Å². The van der Waals surface area contributed by atoms with Gasteiger partial charge >= 0.3 is 12.1 Å². The van der Waals surface area contributed by atoms with Gasteiger partial charge in [0.15, 0.2) is 5.04 Å². The van der Waals surface area contributed by atoms with Crippen LogP contribution in [-0.2, 0) is 0 Å². The molecule has 132 valence electrons. The van der Waals surface area contributed by atoms with Crippen LogP contribution in [0.1, 0.15) is 15.9 Å². The van der Waals surface area contributed by atoms with E-state index >= 15 is 0 Å². The standard InChI is InChI=1S/C18H15N3O3S2/c1-25-15(13-10-6-7-11-14(13)16(22)26-2)21-18(24)20(17(23)19-21)12-8-4-3-5-9-12/h3-11H,1-2H3/p+1. The summed E-state index contributed by atoms with van der Waals surface area (Å²) < 4.78 is 1.19. The Balaban J connectivity index is 2.11. The van der Waals surface area contributed by atoms with Crippen molar-refractivity contribution in [2.45, 2.75) is 0 Å². The van der Waals surface area contributed by atoms with Gasteiger partial charge in [-0.1, -0.05) is 58.5 Å². The number of rotatable bonds is 3. The van der Waals surface area contributed by atoms with Crippen LogP contribution in [0.25, 0.3) is 0 Å². The van der Waals surface area contributed by atoms with Crippen molar-refractivity contribution in [2.24, 2.45) is 0 Å². The van der Waals surface area contributed by atoms with Crippen LogP contribution in [-0.4, -0.2) is 39.4 Å². The van der Waals surface area contributed by atoms with Crippen LogP contribution in [0, 0.1) is 0 Å². The van der Waals surface area contributed by atoms with Crippen LogP contribution in [0.15, 0.2) is 54.6 Å². The molecule has 1 heterocycles. The fourth-order valence-corrected chi connectivity index (χ4v) is 3.70. The van der Waals surface area contributed by atoms with E-state index in [2.05, 4.69) is 5.43 Å². The Morgan fingerprint density at radius 1 is 0.923 bits per heavy atom. The number of anilines is 1. The number of para-hydroxylation sites is 1. The molecule has 6 nitrogen and oxygen atoms in total. The summed E-state index contributed by atoms with van der Waals surface area (Å²) in [5, 5.41) is 0.379. The molecule has 26 heavy (non-hydrogen) atoms. The first-order valence-corrected chi connectivity index (χ1v) is 10.1. The summed E-state index contributed by atoms with van der Waals surface area (Å²) in [7, 11) is 0. The number of imide groups is 1. The van der Waals surface area contributed by atoms with Crippen molar-refractivity contribution in [2.75, 3.05) is 17.4 Å². The maximum absolute atomic E-state index is 12.9. The zero-order chi connectivity index (χ0) is 18.7. The van der Waals surface area contributed by atoms with Crippen LogP contribution in [0.2, 0.25) is 0 Å². The minimum Gasteiger partial charge on any atom is -0.282 e. The zero-order valence-corrected chi connectivity index (χ0v) is 15.8. The lowest BCUT2D eigenvalue weighted by Gasteiger charge is -2.08. The summed E-state index contributed by atoms with van der Waals surface area (Å²) in [6.07, 6.45) is 3.50. The first kappa shape index (κ1) is 18.2. The third-order valence-corrected chi connectivity index (χ3v) is 5.15. The summed E-state index contributed by atoms with van der Waals surface area (Å²) in [5.41, 5.74) is 4.15. The molecule has 2 aromatic carbocycles. The number of carbonyl (C=O) groups is 3. The Morgan fingerprint density at radius 3 is 2.15 bits per heavy atom. The van der Waals surface area contributed by atoms with E-state index in [-0.39, 0.29) is 5.12 Å². The van der Waals surface area contributed by atoms with E-state index in [1.807, 2.05) is 6.07 Å². The molecule has 1 N–H and O–H groups in total. The molecule has 0 aliphatic carbocycles. The molecule has 0 atom stereocenters. The molecule has 0 unspecified atom stereocenters. The van der Waals surface area contributed by atoms with Gasteiger partial charge in [0.1, 0.15) is 5.69 Å². The molecule has 0 radical (unpaired) electrons. The van der Waals surface area contributed by atoms with Crippen molar-refractivity contribution >= 4 is 51.4 Å². The Kier molecular flexibility index (Phi) is 5.43. The molecular weight excluding hydrogens is 370 g/mol. The van der Waals surface area contributed by atoms with Gasteiger partial charge in [0.25, 0.3) is 0 Å². The molecule has 0 aromatic heterocycles. The Morgan fingerprint density at radius 2 is 1.54 bits per heavy atom.